The molecule has 0 aliphatic carbocycles. The van der Waals surface area contributed by atoms with Crippen molar-refractivity contribution < 1.29 is 13.9 Å². The van der Waals surface area contributed by atoms with Crippen molar-refractivity contribution in [1.82, 2.24) is 0 Å². The average Bonchev–Trinajstić information content (AvgIpc) is 2.90. The SMILES string of the molecule is COC(=O)c1ccc2occ(-c3ccccc3Cl)c2c1. The summed E-state index contributed by atoms with van der Waals surface area (Å²) in [5.74, 6) is -0.377. The van der Waals surface area contributed by atoms with Gasteiger partial charge in [0.1, 0.15) is 5.58 Å². The van der Waals surface area contributed by atoms with E-state index >= 15 is 0 Å². The van der Waals surface area contributed by atoms with Gasteiger partial charge in [-0.1, -0.05) is 29.8 Å². The molecule has 1 heterocycles. The molecule has 0 bridgehead atoms. The van der Waals surface area contributed by atoms with Gasteiger partial charge in [0.15, 0.2) is 0 Å². The van der Waals surface area contributed by atoms with Gasteiger partial charge in [0, 0.05) is 21.5 Å². The van der Waals surface area contributed by atoms with Gasteiger partial charge in [-0.15, -0.1) is 0 Å². The number of methoxy groups -OCH3 is 1. The molecule has 0 saturated heterocycles. The number of ether oxygens (including phenoxy) is 1. The van der Waals surface area contributed by atoms with Gasteiger partial charge in [-0.25, -0.2) is 4.79 Å². The fourth-order valence-electron chi connectivity index (χ4n) is 2.16. The first kappa shape index (κ1) is 12.8. The molecule has 0 spiro atoms. The minimum atomic E-state index is -0.377. The summed E-state index contributed by atoms with van der Waals surface area (Å²) in [6, 6.07) is 12.7. The molecule has 3 aromatic rings. The summed E-state index contributed by atoms with van der Waals surface area (Å²) in [6.07, 6.45) is 1.65. The van der Waals surface area contributed by atoms with E-state index in [1.807, 2.05) is 24.3 Å². The van der Waals surface area contributed by atoms with Crippen LogP contribution in [-0.4, -0.2) is 13.1 Å². The fraction of sp³-hybridized carbons (Fsp3) is 0.0625. The zero-order chi connectivity index (χ0) is 14.1. The van der Waals surface area contributed by atoms with E-state index < -0.39 is 0 Å². The number of esters is 1. The molecule has 1 aromatic heterocycles. The molecule has 0 aliphatic heterocycles. The fourth-order valence-corrected chi connectivity index (χ4v) is 2.40. The van der Waals surface area contributed by atoms with Gasteiger partial charge < -0.3 is 9.15 Å². The first-order valence-corrected chi connectivity index (χ1v) is 6.43. The van der Waals surface area contributed by atoms with E-state index in [4.69, 9.17) is 20.8 Å². The molecule has 0 amide bonds. The number of halogens is 1. The van der Waals surface area contributed by atoms with Crippen molar-refractivity contribution in [2.24, 2.45) is 0 Å². The van der Waals surface area contributed by atoms with Crippen molar-refractivity contribution in [1.29, 1.82) is 0 Å². The van der Waals surface area contributed by atoms with Crippen molar-refractivity contribution in [3.05, 3.63) is 59.3 Å². The Morgan fingerprint density at radius 3 is 2.70 bits per heavy atom. The minimum absolute atomic E-state index is 0.377. The quantitative estimate of drug-likeness (QED) is 0.649. The maximum absolute atomic E-state index is 11.6. The third-order valence-electron chi connectivity index (χ3n) is 3.16. The number of rotatable bonds is 2. The Bertz CT molecular complexity index is 789. The number of furan rings is 1. The highest BCUT2D eigenvalue weighted by Crippen LogP contribution is 2.35. The number of benzene rings is 2. The summed E-state index contributed by atoms with van der Waals surface area (Å²) in [4.78, 5) is 11.6. The van der Waals surface area contributed by atoms with Crippen molar-refractivity contribution in [3.63, 3.8) is 0 Å². The normalized spacial score (nSPS) is 10.7. The van der Waals surface area contributed by atoms with Gasteiger partial charge in [0.25, 0.3) is 0 Å². The Morgan fingerprint density at radius 1 is 1.15 bits per heavy atom. The molecule has 3 rings (SSSR count). The molecule has 0 saturated carbocycles. The van der Waals surface area contributed by atoms with Crippen LogP contribution in [-0.2, 0) is 4.74 Å². The molecule has 0 unspecified atom stereocenters. The van der Waals surface area contributed by atoms with Gasteiger partial charge >= 0.3 is 5.97 Å². The second-order valence-electron chi connectivity index (χ2n) is 4.33. The Morgan fingerprint density at radius 2 is 1.95 bits per heavy atom. The summed E-state index contributed by atoms with van der Waals surface area (Å²) in [6.45, 7) is 0. The Hall–Kier alpha value is -2.26. The smallest absolute Gasteiger partial charge is 0.337 e. The van der Waals surface area contributed by atoms with Crippen molar-refractivity contribution in [2.75, 3.05) is 7.11 Å². The topological polar surface area (TPSA) is 39.4 Å². The highest BCUT2D eigenvalue weighted by molar-refractivity contribution is 6.33. The molecule has 3 nitrogen and oxygen atoms in total. The largest absolute Gasteiger partial charge is 0.465 e. The summed E-state index contributed by atoms with van der Waals surface area (Å²) < 4.78 is 10.3. The zero-order valence-electron chi connectivity index (χ0n) is 10.7. The summed E-state index contributed by atoms with van der Waals surface area (Å²) in [5.41, 5.74) is 2.91. The van der Waals surface area contributed by atoms with Gasteiger partial charge in [0.05, 0.1) is 18.9 Å². The van der Waals surface area contributed by atoms with Crippen LogP contribution in [0, 0.1) is 0 Å². The van der Waals surface area contributed by atoms with Gasteiger partial charge in [-0.3, -0.25) is 0 Å². The summed E-state index contributed by atoms with van der Waals surface area (Å²) in [7, 11) is 1.36. The highest BCUT2D eigenvalue weighted by Gasteiger charge is 2.13. The number of carbonyl (C=O) groups is 1. The average molecular weight is 287 g/mol. The van der Waals surface area contributed by atoms with Gasteiger partial charge in [-0.05, 0) is 24.3 Å². The molecule has 100 valence electrons. The van der Waals surface area contributed by atoms with Crippen LogP contribution in [0.15, 0.2) is 53.1 Å². The van der Waals surface area contributed by atoms with Gasteiger partial charge in [0.2, 0.25) is 0 Å². The zero-order valence-corrected chi connectivity index (χ0v) is 11.5. The molecule has 0 N–H and O–H groups in total. The van der Waals surface area contributed by atoms with Crippen LogP contribution in [0.4, 0.5) is 0 Å². The van der Waals surface area contributed by atoms with E-state index in [0.717, 1.165) is 16.5 Å². The van der Waals surface area contributed by atoms with E-state index in [1.54, 1.807) is 24.5 Å². The minimum Gasteiger partial charge on any atom is -0.465 e. The van der Waals surface area contributed by atoms with Gasteiger partial charge in [-0.2, -0.15) is 0 Å². The first-order valence-electron chi connectivity index (χ1n) is 6.05. The lowest BCUT2D eigenvalue weighted by molar-refractivity contribution is 0.0601. The first-order chi connectivity index (χ1) is 9.70. The van der Waals surface area contributed by atoms with E-state index in [0.29, 0.717) is 16.2 Å². The number of hydrogen-bond acceptors (Lipinski definition) is 3. The summed E-state index contributed by atoms with van der Waals surface area (Å²) >= 11 is 6.21. The predicted octanol–water partition coefficient (Wildman–Crippen LogP) is 4.54. The molecule has 0 aliphatic rings. The number of fused-ring (bicyclic) bond motifs is 1. The molecule has 0 fully saturated rings. The van der Waals surface area contributed by atoms with Crippen LogP contribution >= 0.6 is 11.6 Å². The monoisotopic (exact) mass is 286 g/mol. The van der Waals surface area contributed by atoms with Crippen LogP contribution in [0.5, 0.6) is 0 Å². The van der Waals surface area contributed by atoms with E-state index in [1.165, 1.54) is 7.11 Å². The van der Waals surface area contributed by atoms with Crippen molar-refractivity contribution in [3.8, 4) is 11.1 Å². The Kier molecular flexibility index (Phi) is 3.20. The second-order valence-corrected chi connectivity index (χ2v) is 4.74. The van der Waals surface area contributed by atoms with Crippen LogP contribution in [0.2, 0.25) is 5.02 Å². The van der Waals surface area contributed by atoms with E-state index in [2.05, 4.69) is 0 Å². The Balaban J connectivity index is 2.22. The lowest BCUT2D eigenvalue weighted by atomic mass is 10.0. The molecule has 20 heavy (non-hydrogen) atoms. The molecular formula is C16H11ClO3. The van der Waals surface area contributed by atoms with E-state index in [9.17, 15) is 4.79 Å². The van der Waals surface area contributed by atoms with Crippen molar-refractivity contribution >= 4 is 28.5 Å². The summed E-state index contributed by atoms with van der Waals surface area (Å²) in [5, 5.41) is 1.47. The third-order valence-corrected chi connectivity index (χ3v) is 3.49. The van der Waals surface area contributed by atoms with Crippen LogP contribution < -0.4 is 0 Å². The van der Waals surface area contributed by atoms with Crippen LogP contribution in [0.25, 0.3) is 22.1 Å². The molecule has 0 radical (unpaired) electrons. The molecule has 2 aromatic carbocycles. The Labute approximate surface area is 120 Å². The maximum Gasteiger partial charge on any atom is 0.337 e. The highest BCUT2D eigenvalue weighted by atomic mass is 35.5. The van der Waals surface area contributed by atoms with E-state index in [-0.39, 0.29) is 5.97 Å². The number of carbonyl (C=O) groups excluding carboxylic acids is 1. The lowest BCUT2D eigenvalue weighted by Crippen LogP contribution is -2.00. The van der Waals surface area contributed by atoms with Crippen LogP contribution in [0.1, 0.15) is 10.4 Å². The maximum atomic E-state index is 11.6. The molecular weight excluding hydrogens is 276 g/mol. The lowest BCUT2D eigenvalue weighted by Gasteiger charge is -2.03. The second kappa shape index (κ2) is 5.02. The van der Waals surface area contributed by atoms with Crippen LogP contribution in [0.3, 0.4) is 0 Å². The molecule has 4 heteroatoms. The number of hydrogen-bond donors (Lipinski definition) is 0. The standard InChI is InChI=1S/C16H11ClO3/c1-19-16(18)10-6-7-15-12(8-10)13(9-20-15)11-4-2-3-5-14(11)17/h2-9H,1H3. The van der Waals surface area contributed by atoms with Crippen molar-refractivity contribution in [2.45, 2.75) is 0 Å². The molecule has 0 atom stereocenters. The third kappa shape index (κ3) is 2.06. The predicted molar refractivity (Wildman–Crippen MR) is 78.0 cm³/mol.